The van der Waals surface area contributed by atoms with Gasteiger partial charge in [0.25, 0.3) is 0 Å². The van der Waals surface area contributed by atoms with E-state index in [1.54, 1.807) is 0 Å². The summed E-state index contributed by atoms with van der Waals surface area (Å²) in [6.45, 7) is 5.39. The van der Waals surface area contributed by atoms with Gasteiger partial charge in [-0.3, -0.25) is 0 Å². The van der Waals surface area contributed by atoms with Crippen LogP contribution in [0.15, 0.2) is 12.3 Å². The number of hydrogen-bond acceptors (Lipinski definition) is 0. The molecule has 1 nitrogen and oxygen atoms in total. The number of rotatable bonds is 2. The van der Waals surface area contributed by atoms with E-state index in [-0.39, 0.29) is 12.4 Å². The number of hydrogen-bond donors (Lipinski definition) is 0. The lowest BCUT2D eigenvalue weighted by molar-refractivity contribution is -0.836. The Bertz CT molecular complexity index is 86.9. The van der Waals surface area contributed by atoms with Crippen LogP contribution in [0.25, 0.3) is 0 Å². The van der Waals surface area contributed by atoms with Crippen LogP contribution in [0.5, 0.6) is 0 Å². The summed E-state index contributed by atoms with van der Waals surface area (Å²) in [7, 11) is 4.36. The molecule has 0 atom stereocenters. The van der Waals surface area contributed by atoms with E-state index in [4.69, 9.17) is 0 Å². The molecule has 0 saturated heterocycles. The first-order valence-electron chi connectivity index (χ1n) is 3.09. The molecular weight excluding hydrogens is 134 g/mol. The molecule has 0 aliphatic carbocycles. The number of nitrogens with zero attached hydrogens (tertiary/aromatic N) is 1. The minimum absolute atomic E-state index is 0. The van der Waals surface area contributed by atoms with Crippen LogP contribution < -0.4 is 12.4 Å². The van der Waals surface area contributed by atoms with Crippen molar-refractivity contribution in [1.29, 1.82) is 0 Å². The van der Waals surface area contributed by atoms with Gasteiger partial charge >= 0.3 is 0 Å². The van der Waals surface area contributed by atoms with Crippen LogP contribution in [-0.2, 0) is 0 Å². The van der Waals surface area contributed by atoms with E-state index in [9.17, 15) is 0 Å². The van der Waals surface area contributed by atoms with E-state index in [1.165, 1.54) is 0 Å². The normalized spacial score (nSPS) is 11.6. The highest BCUT2D eigenvalue weighted by Crippen LogP contribution is 1.95. The molecule has 0 unspecified atom stereocenters. The molecule has 0 radical (unpaired) electrons. The zero-order valence-electron chi connectivity index (χ0n) is 6.69. The summed E-state index contributed by atoms with van der Waals surface area (Å²) < 4.78 is 0.983. The van der Waals surface area contributed by atoms with Gasteiger partial charge in [0.2, 0.25) is 0 Å². The van der Waals surface area contributed by atoms with E-state index in [0.717, 1.165) is 11.0 Å². The molecule has 0 aromatic carbocycles. The molecule has 0 bridgehead atoms. The van der Waals surface area contributed by atoms with Crippen LogP contribution in [0, 0.1) is 0 Å². The van der Waals surface area contributed by atoms with Crippen LogP contribution in [0.4, 0.5) is 0 Å². The van der Waals surface area contributed by atoms with Gasteiger partial charge in [0.15, 0.2) is 0 Å². The Balaban J connectivity index is 0. The maximum absolute atomic E-state index is 2.18. The molecule has 0 spiro atoms. The Kier molecular flexibility index (Phi) is 6.30. The molecule has 0 aliphatic rings. The molecular formula is C7H16ClN. The zero-order valence-corrected chi connectivity index (χ0v) is 7.44. The van der Waals surface area contributed by atoms with Crippen LogP contribution in [-0.4, -0.2) is 25.1 Å². The lowest BCUT2D eigenvalue weighted by Gasteiger charge is -2.21. The molecule has 56 valence electrons. The van der Waals surface area contributed by atoms with E-state index >= 15 is 0 Å². The van der Waals surface area contributed by atoms with Crippen molar-refractivity contribution < 1.29 is 16.9 Å². The lowest BCUT2D eigenvalue weighted by atomic mass is 10.5. The second-order valence-corrected chi connectivity index (χ2v) is 2.58. The topological polar surface area (TPSA) is 0 Å². The highest BCUT2D eigenvalue weighted by Gasteiger charge is 2.03. The summed E-state index contributed by atoms with van der Waals surface area (Å²) in [6.07, 6.45) is 4.27. The minimum atomic E-state index is 0. The van der Waals surface area contributed by atoms with E-state index in [2.05, 4.69) is 40.2 Å². The third kappa shape index (κ3) is 5.87. The Hall–Kier alpha value is -0.0100. The molecule has 9 heavy (non-hydrogen) atoms. The van der Waals surface area contributed by atoms with Crippen LogP contribution in [0.3, 0.4) is 0 Å². The number of allylic oxidation sites excluding steroid dienone is 1. The zero-order chi connectivity index (χ0) is 6.62. The van der Waals surface area contributed by atoms with Crippen LogP contribution >= 0.6 is 0 Å². The van der Waals surface area contributed by atoms with Crippen molar-refractivity contribution in [2.75, 3.05) is 20.6 Å². The van der Waals surface area contributed by atoms with Gasteiger partial charge < -0.3 is 16.9 Å². The molecule has 0 N–H and O–H groups in total. The summed E-state index contributed by atoms with van der Waals surface area (Å²) in [6, 6.07) is 0. The maximum Gasteiger partial charge on any atom is 0.0910 e. The van der Waals surface area contributed by atoms with Gasteiger partial charge in [0.1, 0.15) is 0 Å². The molecule has 0 aliphatic heterocycles. The first kappa shape index (κ1) is 11.7. The summed E-state index contributed by atoms with van der Waals surface area (Å²) in [4.78, 5) is 0. The fourth-order valence-corrected chi connectivity index (χ4v) is 0.509. The van der Waals surface area contributed by atoms with Gasteiger partial charge in [0, 0.05) is 0 Å². The molecule has 2 heteroatoms. The van der Waals surface area contributed by atoms with Crippen molar-refractivity contribution in [2.45, 2.75) is 13.8 Å². The first-order valence-corrected chi connectivity index (χ1v) is 3.09. The van der Waals surface area contributed by atoms with Crippen molar-refractivity contribution >= 4 is 0 Å². The second-order valence-electron chi connectivity index (χ2n) is 2.58. The molecule has 0 aromatic rings. The molecule has 0 rings (SSSR count). The Morgan fingerprint density at radius 2 is 1.78 bits per heavy atom. The molecule has 0 fully saturated rings. The summed E-state index contributed by atoms with van der Waals surface area (Å²) >= 11 is 0. The number of halogens is 1. The smallest absolute Gasteiger partial charge is 0.0910 e. The van der Waals surface area contributed by atoms with Crippen molar-refractivity contribution in [3.63, 3.8) is 0 Å². The Morgan fingerprint density at radius 3 is 1.89 bits per heavy atom. The van der Waals surface area contributed by atoms with Gasteiger partial charge in [-0.05, 0) is 19.9 Å². The fraction of sp³-hybridized carbons (Fsp3) is 0.714. The van der Waals surface area contributed by atoms with Crippen LogP contribution in [0.1, 0.15) is 13.8 Å². The summed E-state index contributed by atoms with van der Waals surface area (Å²) in [5.74, 6) is 0. The fourth-order valence-electron chi connectivity index (χ4n) is 0.509. The summed E-state index contributed by atoms with van der Waals surface area (Å²) in [5.41, 5.74) is 0. The first-order chi connectivity index (χ1) is 3.62. The van der Waals surface area contributed by atoms with Crippen molar-refractivity contribution in [1.82, 2.24) is 0 Å². The highest BCUT2D eigenvalue weighted by molar-refractivity contribution is 4.65. The average molecular weight is 150 g/mol. The third-order valence-electron chi connectivity index (χ3n) is 1.37. The van der Waals surface area contributed by atoms with E-state index in [0.29, 0.717) is 0 Å². The molecule has 0 amide bonds. The van der Waals surface area contributed by atoms with Gasteiger partial charge in [-0.2, -0.15) is 0 Å². The predicted molar refractivity (Wildman–Crippen MR) is 37.5 cm³/mol. The van der Waals surface area contributed by atoms with Gasteiger partial charge in [-0.15, -0.1) is 0 Å². The lowest BCUT2D eigenvalue weighted by Crippen LogP contribution is -3.00. The largest absolute Gasteiger partial charge is 1.00 e. The SMILES string of the molecule is CC=C[N+](C)(C)CC.[Cl-]. The van der Waals surface area contributed by atoms with Crippen LogP contribution in [0.2, 0.25) is 0 Å². The summed E-state index contributed by atoms with van der Waals surface area (Å²) in [5, 5.41) is 0. The molecule has 0 heterocycles. The third-order valence-corrected chi connectivity index (χ3v) is 1.37. The van der Waals surface area contributed by atoms with Gasteiger partial charge in [-0.1, -0.05) is 0 Å². The molecule has 0 saturated carbocycles. The van der Waals surface area contributed by atoms with E-state index < -0.39 is 0 Å². The Labute approximate surface area is 64.4 Å². The standard InChI is InChI=1S/C7H16N.ClH/c1-5-7-8(3,4)6-2;/h5,7H,6H2,1-4H3;1H/q+1;/p-1. The predicted octanol–water partition coefficient (Wildman–Crippen LogP) is -1.38. The van der Waals surface area contributed by atoms with E-state index in [1.807, 2.05) is 0 Å². The number of quaternary nitrogens is 1. The van der Waals surface area contributed by atoms with Gasteiger partial charge in [0.05, 0.1) is 26.8 Å². The minimum Gasteiger partial charge on any atom is -1.00 e. The second kappa shape index (κ2) is 4.83. The van der Waals surface area contributed by atoms with Crippen molar-refractivity contribution in [3.05, 3.63) is 12.3 Å². The quantitative estimate of drug-likeness (QED) is 0.425. The highest BCUT2D eigenvalue weighted by atomic mass is 35.5. The maximum atomic E-state index is 2.18. The molecule has 0 aromatic heterocycles. The Morgan fingerprint density at radius 1 is 1.33 bits per heavy atom. The van der Waals surface area contributed by atoms with Crippen molar-refractivity contribution in [3.8, 4) is 0 Å². The monoisotopic (exact) mass is 149 g/mol. The average Bonchev–Trinajstić information content (AvgIpc) is 1.67. The van der Waals surface area contributed by atoms with Gasteiger partial charge in [-0.25, -0.2) is 0 Å². The van der Waals surface area contributed by atoms with Crippen molar-refractivity contribution in [2.24, 2.45) is 0 Å².